The molecule has 1 aliphatic heterocycles. The molecule has 0 atom stereocenters. The zero-order valence-corrected chi connectivity index (χ0v) is 22.6. The Bertz CT molecular complexity index is 964. The lowest BCUT2D eigenvalue weighted by Gasteiger charge is -2.26. The molecule has 200 valence electrons. The van der Waals surface area contributed by atoms with Gasteiger partial charge in [0.2, 0.25) is 11.8 Å². The molecule has 0 saturated carbocycles. The first-order valence-corrected chi connectivity index (χ1v) is 13.9. The minimum absolute atomic E-state index is 0.0289. The topological polar surface area (TPSA) is 78.5 Å². The number of thiocarbonyl (C=S) groups is 1. The van der Waals surface area contributed by atoms with Crippen molar-refractivity contribution in [2.24, 2.45) is 0 Å². The minimum atomic E-state index is 0.0289. The highest BCUT2D eigenvalue weighted by Gasteiger charge is 2.10. The second-order valence-electron chi connectivity index (χ2n) is 9.30. The predicted octanol–water partition coefficient (Wildman–Crippen LogP) is 4.00. The molecule has 37 heavy (non-hydrogen) atoms. The van der Waals surface area contributed by atoms with Crippen molar-refractivity contribution in [2.45, 2.75) is 51.5 Å². The normalized spacial score (nSPS) is 13.8. The van der Waals surface area contributed by atoms with Crippen molar-refractivity contribution in [1.29, 1.82) is 0 Å². The summed E-state index contributed by atoms with van der Waals surface area (Å²) in [4.78, 5) is 18.8. The Morgan fingerprint density at radius 2 is 1.76 bits per heavy atom. The van der Waals surface area contributed by atoms with Crippen LogP contribution in [-0.4, -0.2) is 60.2 Å². The quantitative estimate of drug-likeness (QED) is 0.185. The van der Waals surface area contributed by atoms with Gasteiger partial charge in [-0.1, -0.05) is 42.8 Å². The predicted molar refractivity (Wildman–Crippen MR) is 154 cm³/mol. The van der Waals surface area contributed by atoms with Gasteiger partial charge in [0.25, 0.3) is 0 Å². The van der Waals surface area contributed by atoms with Gasteiger partial charge >= 0.3 is 0 Å². The van der Waals surface area contributed by atoms with E-state index in [-0.39, 0.29) is 5.91 Å². The largest absolute Gasteiger partial charge is 0.473 e. The van der Waals surface area contributed by atoms with Crippen molar-refractivity contribution >= 4 is 23.2 Å². The summed E-state index contributed by atoms with van der Waals surface area (Å²) < 4.78 is 5.75. The van der Waals surface area contributed by atoms with Crippen LogP contribution in [0.4, 0.5) is 0 Å². The van der Waals surface area contributed by atoms with Crippen molar-refractivity contribution in [3.05, 3.63) is 71.9 Å². The molecule has 3 rings (SSSR count). The number of aryl methyl sites for hydroxylation is 1. The maximum absolute atomic E-state index is 12.0. The van der Waals surface area contributed by atoms with E-state index in [1.807, 2.05) is 30.5 Å². The monoisotopic (exact) mass is 523 g/mol. The molecule has 1 aliphatic rings. The molecule has 1 saturated heterocycles. The van der Waals surface area contributed by atoms with E-state index in [0.29, 0.717) is 37.1 Å². The number of hydrogen-bond acceptors (Lipinski definition) is 5. The van der Waals surface area contributed by atoms with E-state index in [1.165, 1.54) is 43.5 Å². The fourth-order valence-corrected chi connectivity index (χ4v) is 4.41. The molecule has 0 spiro atoms. The molecule has 2 heterocycles. The third-order valence-electron chi connectivity index (χ3n) is 6.20. The second-order valence-corrected chi connectivity index (χ2v) is 9.71. The molecule has 0 radical (unpaired) electrons. The first kappa shape index (κ1) is 28.6. The SMILES string of the molecule is O=C(CCCNC(=S)NCCCc1ccccc1)NC/C=C\COc1cc(CN2CCCCC2)ccn1. The van der Waals surface area contributed by atoms with Gasteiger partial charge in [-0.25, -0.2) is 4.98 Å². The van der Waals surface area contributed by atoms with Gasteiger partial charge in [0.05, 0.1) is 0 Å². The van der Waals surface area contributed by atoms with E-state index in [0.717, 1.165) is 32.4 Å². The van der Waals surface area contributed by atoms with Crippen molar-refractivity contribution in [2.75, 3.05) is 39.3 Å². The standard InChI is InChI=1S/C29H41N5O2S/c35-27(14-10-18-33-29(37)32-17-9-13-25-11-3-1-4-12-25)30-16-5-8-22-36-28-23-26(15-19-31-28)24-34-20-6-2-7-21-34/h1,3-5,8,11-12,15,19,23H,2,6-7,9-10,13-14,16-18,20-22,24H2,(H,30,35)(H2,32,33,37)/b8-5-. The van der Waals surface area contributed by atoms with Crippen LogP contribution in [0.2, 0.25) is 0 Å². The van der Waals surface area contributed by atoms with Crippen molar-refractivity contribution in [3.63, 3.8) is 0 Å². The van der Waals surface area contributed by atoms with E-state index >= 15 is 0 Å². The zero-order valence-electron chi connectivity index (χ0n) is 21.8. The van der Waals surface area contributed by atoms with Gasteiger partial charge in [-0.05, 0) is 80.7 Å². The average Bonchev–Trinajstić information content (AvgIpc) is 2.92. The number of ether oxygens (including phenoxy) is 1. The molecule has 1 amide bonds. The second kappa shape index (κ2) is 17.5. The van der Waals surface area contributed by atoms with E-state index in [1.54, 1.807) is 0 Å². The summed E-state index contributed by atoms with van der Waals surface area (Å²) in [6, 6.07) is 14.5. The van der Waals surface area contributed by atoms with Crippen LogP contribution in [-0.2, 0) is 17.8 Å². The molecule has 0 unspecified atom stereocenters. The van der Waals surface area contributed by atoms with Crippen LogP contribution in [0.3, 0.4) is 0 Å². The molecule has 2 aromatic rings. The molecule has 0 bridgehead atoms. The number of amides is 1. The minimum Gasteiger partial charge on any atom is -0.473 e. The van der Waals surface area contributed by atoms with Crippen LogP contribution in [0.15, 0.2) is 60.8 Å². The Kier molecular flexibility index (Phi) is 13.5. The van der Waals surface area contributed by atoms with E-state index in [4.69, 9.17) is 17.0 Å². The van der Waals surface area contributed by atoms with Crippen molar-refractivity contribution in [1.82, 2.24) is 25.8 Å². The molecule has 1 aromatic heterocycles. The lowest BCUT2D eigenvalue weighted by Crippen LogP contribution is -2.36. The van der Waals surface area contributed by atoms with Gasteiger partial charge in [0.1, 0.15) is 6.61 Å². The van der Waals surface area contributed by atoms with Crippen LogP contribution < -0.4 is 20.7 Å². The number of pyridine rings is 1. The van der Waals surface area contributed by atoms with Crippen molar-refractivity contribution in [3.8, 4) is 5.88 Å². The molecule has 0 aliphatic carbocycles. The lowest BCUT2D eigenvalue weighted by atomic mass is 10.1. The third-order valence-corrected chi connectivity index (χ3v) is 6.49. The summed E-state index contributed by atoms with van der Waals surface area (Å²) >= 11 is 5.30. The van der Waals surface area contributed by atoms with Crippen LogP contribution in [0, 0.1) is 0 Å². The third kappa shape index (κ3) is 12.7. The Labute approximate surface area is 227 Å². The van der Waals surface area contributed by atoms with E-state index in [9.17, 15) is 4.79 Å². The highest BCUT2D eigenvalue weighted by molar-refractivity contribution is 7.80. The number of nitrogens with one attached hydrogen (secondary N) is 3. The summed E-state index contributed by atoms with van der Waals surface area (Å²) in [7, 11) is 0. The summed E-state index contributed by atoms with van der Waals surface area (Å²) in [5, 5.41) is 9.93. The number of benzene rings is 1. The van der Waals surface area contributed by atoms with Gasteiger partial charge in [0, 0.05) is 44.9 Å². The first-order valence-electron chi connectivity index (χ1n) is 13.5. The summed E-state index contributed by atoms with van der Waals surface area (Å²) in [5.41, 5.74) is 2.57. The average molecular weight is 524 g/mol. The fraction of sp³-hybridized carbons (Fsp3) is 0.483. The Balaban J connectivity index is 1.16. The number of piperidine rings is 1. The van der Waals surface area contributed by atoms with Crippen LogP contribution in [0.25, 0.3) is 0 Å². The number of carbonyl (C=O) groups excluding carboxylic acids is 1. The number of rotatable bonds is 15. The van der Waals surface area contributed by atoms with Gasteiger partial charge in [-0.15, -0.1) is 0 Å². The summed E-state index contributed by atoms with van der Waals surface area (Å²) in [5.74, 6) is 0.667. The Morgan fingerprint density at radius 3 is 2.57 bits per heavy atom. The number of nitrogens with zero attached hydrogens (tertiary/aromatic N) is 2. The molecule has 8 heteroatoms. The number of likely N-dealkylation sites (tertiary alicyclic amines) is 1. The summed E-state index contributed by atoms with van der Waals surface area (Å²) in [6.45, 7) is 5.71. The van der Waals surface area contributed by atoms with Crippen LogP contribution in [0.1, 0.15) is 49.7 Å². The smallest absolute Gasteiger partial charge is 0.220 e. The van der Waals surface area contributed by atoms with E-state index in [2.05, 4.69) is 56.2 Å². The van der Waals surface area contributed by atoms with Gasteiger partial charge in [0.15, 0.2) is 5.11 Å². The maximum atomic E-state index is 12.0. The highest BCUT2D eigenvalue weighted by Crippen LogP contribution is 2.15. The molecule has 1 aromatic carbocycles. The van der Waals surface area contributed by atoms with Gasteiger partial charge in [-0.2, -0.15) is 0 Å². The molecule has 3 N–H and O–H groups in total. The van der Waals surface area contributed by atoms with Crippen LogP contribution in [0.5, 0.6) is 5.88 Å². The van der Waals surface area contributed by atoms with Gasteiger partial charge < -0.3 is 20.7 Å². The number of carbonyl (C=O) groups is 1. The summed E-state index contributed by atoms with van der Waals surface area (Å²) in [6.07, 6.45) is 12.8. The number of hydrogen-bond donors (Lipinski definition) is 3. The maximum Gasteiger partial charge on any atom is 0.220 e. The highest BCUT2D eigenvalue weighted by atomic mass is 32.1. The lowest BCUT2D eigenvalue weighted by molar-refractivity contribution is -0.120. The molecular weight excluding hydrogens is 482 g/mol. The first-order chi connectivity index (χ1) is 18.2. The molecule has 1 fully saturated rings. The Morgan fingerprint density at radius 1 is 0.973 bits per heavy atom. The van der Waals surface area contributed by atoms with Crippen LogP contribution >= 0.6 is 12.2 Å². The molecule has 7 nitrogen and oxygen atoms in total. The fourth-order valence-electron chi connectivity index (χ4n) is 4.20. The Hall–Kier alpha value is -2.97. The zero-order chi connectivity index (χ0) is 26.0. The van der Waals surface area contributed by atoms with Crippen molar-refractivity contribution < 1.29 is 9.53 Å². The van der Waals surface area contributed by atoms with Gasteiger partial charge in [-0.3, -0.25) is 9.69 Å². The number of aromatic nitrogens is 1. The van der Waals surface area contributed by atoms with E-state index < -0.39 is 0 Å². The molecular formula is C29H41N5O2S.